The van der Waals surface area contributed by atoms with Crippen molar-refractivity contribution in [2.45, 2.75) is 11.3 Å². The van der Waals surface area contributed by atoms with Crippen LogP contribution in [-0.2, 0) is 4.74 Å². The lowest BCUT2D eigenvalue weighted by Crippen LogP contribution is -2.17. The van der Waals surface area contributed by atoms with E-state index >= 15 is 0 Å². The Labute approximate surface area is 200 Å². The Morgan fingerprint density at radius 2 is 1.68 bits per heavy atom. The molecule has 168 valence electrons. The number of pyridine rings is 1. The molecule has 2 heterocycles. The van der Waals surface area contributed by atoms with Gasteiger partial charge in [0.25, 0.3) is 0 Å². The number of aromatic nitrogens is 1. The van der Waals surface area contributed by atoms with Crippen molar-refractivity contribution in [1.29, 1.82) is 0 Å². The van der Waals surface area contributed by atoms with E-state index in [4.69, 9.17) is 14.1 Å². The first-order valence-electron chi connectivity index (χ1n) is 11.0. The average molecular weight is 468 g/mol. The molecule has 0 saturated heterocycles. The first-order valence-corrected chi connectivity index (χ1v) is 12.0. The summed E-state index contributed by atoms with van der Waals surface area (Å²) in [7, 11) is 0. The van der Waals surface area contributed by atoms with Crippen LogP contribution in [0, 0.1) is 0 Å². The molecule has 5 aromatic rings. The van der Waals surface area contributed by atoms with Crippen molar-refractivity contribution in [3.63, 3.8) is 0 Å². The van der Waals surface area contributed by atoms with Crippen LogP contribution in [0.1, 0.15) is 16.8 Å². The number of nitrogens with zero attached hydrogens (tertiary/aromatic N) is 1. The zero-order valence-corrected chi connectivity index (χ0v) is 19.1. The van der Waals surface area contributed by atoms with E-state index < -0.39 is 11.6 Å². The van der Waals surface area contributed by atoms with Crippen LogP contribution in [0.3, 0.4) is 0 Å². The molecule has 0 radical (unpaired) electrons. The summed E-state index contributed by atoms with van der Waals surface area (Å²) < 4.78 is 10.6. The first kappa shape index (κ1) is 21.9. The van der Waals surface area contributed by atoms with Gasteiger partial charge < -0.3 is 9.15 Å². The summed E-state index contributed by atoms with van der Waals surface area (Å²) in [6.07, 6.45) is 0.645. The van der Waals surface area contributed by atoms with Crippen molar-refractivity contribution >= 4 is 39.6 Å². The lowest BCUT2D eigenvalue weighted by atomic mass is 10.1. The highest BCUT2D eigenvalue weighted by atomic mass is 32.2. The molecule has 5 rings (SSSR count). The molecule has 6 heteroatoms. The van der Waals surface area contributed by atoms with Crippen molar-refractivity contribution in [2.75, 3.05) is 12.4 Å². The van der Waals surface area contributed by atoms with Gasteiger partial charge in [-0.2, -0.15) is 0 Å². The van der Waals surface area contributed by atoms with Crippen molar-refractivity contribution in [3.8, 4) is 11.3 Å². The van der Waals surface area contributed by atoms with Gasteiger partial charge in [-0.1, -0.05) is 66.7 Å². The van der Waals surface area contributed by atoms with Gasteiger partial charge in [-0.15, -0.1) is 11.8 Å². The van der Waals surface area contributed by atoms with Crippen molar-refractivity contribution in [2.24, 2.45) is 0 Å². The standard InChI is InChI=1S/C28H21NO4S/c30-27(22-17-20-11-4-7-14-25(20)33-28(22)31)32-15-8-16-34-26-18-24(19-9-2-1-3-10-19)29-23-13-6-5-12-21(23)26/h1-7,9-14,17-18H,8,15-16H2. The molecule has 0 atom stereocenters. The Morgan fingerprint density at radius 1 is 0.912 bits per heavy atom. The second-order valence-electron chi connectivity index (χ2n) is 7.71. The third-order valence-electron chi connectivity index (χ3n) is 5.39. The van der Waals surface area contributed by atoms with E-state index in [0.717, 1.165) is 32.8 Å². The molecule has 0 unspecified atom stereocenters. The number of carbonyl (C=O) groups excluding carboxylic acids is 1. The van der Waals surface area contributed by atoms with Crippen LogP contribution < -0.4 is 5.63 Å². The van der Waals surface area contributed by atoms with E-state index in [1.54, 1.807) is 30.0 Å². The van der Waals surface area contributed by atoms with Crippen LogP contribution in [0.25, 0.3) is 33.1 Å². The lowest BCUT2D eigenvalue weighted by molar-refractivity contribution is 0.0501. The summed E-state index contributed by atoms with van der Waals surface area (Å²) in [5.41, 5.74) is 2.61. The van der Waals surface area contributed by atoms with Crippen molar-refractivity contribution < 1.29 is 13.9 Å². The maximum atomic E-state index is 12.4. The van der Waals surface area contributed by atoms with E-state index in [-0.39, 0.29) is 12.2 Å². The number of benzene rings is 3. The second kappa shape index (κ2) is 9.93. The fraction of sp³-hybridized carbons (Fsp3) is 0.107. The molecule has 0 aliphatic heterocycles. The molecule has 0 saturated carbocycles. The van der Waals surface area contributed by atoms with Gasteiger partial charge in [0.15, 0.2) is 0 Å². The van der Waals surface area contributed by atoms with Gasteiger partial charge in [0.05, 0.1) is 17.8 Å². The SMILES string of the molecule is O=C(OCCCSc1cc(-c2ccccc2)nc2ccccc12)c1cc2ccccc2oc1=O. The molecule has 34 heavy (non-hydrogen) atoms. The highest BCUT2D eigenvalue weighted by Gasteiger charge is 2.15. The zero-order chi connectivity index (χ0) is 23.3. The number of hydrogen-bond acceptors (Lipinski definition) is 6. The second-order valence-corrected chi connectivity index (χ2v) is 8.85. The molecule has 0 bridgehead atoms. The van der Waals surface area contributed by atoms with Gasteiger partial charge >= 0.3 is 11.6 Å². The quantitative estimate of drug-likeness (QED) is 0.120. The van der Waals surface area contributed by atoms with E-state index in [1.807, 2.05) is 54.6 Å². The third kappa shape index (κ3) is 4.72. The fourth-order valence-electron chi connectivity index (χ4n) is 3.71. The summed E-state index contributed by atoms with van der Waals surface area (Å²) in [5.74, 6) is 0.0900. The lowest BCUT2D eigenvalue weighted by Gasteiger charge is -2.10. The molecule has 0 amide bonds. The third-order valence-corrected chi connectivity index (χ3v) is 6.53. The number of esters is 1. The molecular weight excluding hydrogens is 446 g/mol. The summed E-state index contributed by atoms with van der Waals surface area (Å²) in [4.78, 5) is 30.5. The molecule has 3 aromatic carbocycles. The molecule has 0 fully saturated rings. The topological polar surface area (TPSA) is 69.4 Å². The fourth-order valence-corrected chi connectivity index (χ4v) is 4.71. The maximum Gasteiger partial charge on any atom is 0.351 e. The smallest absolute Gasteiger partial charge is 0.351 e. The number of fused-ring (bicyclic) bond motifs is 2. The largest absolute Gasteiger partial charge is 0.462 e. The van der Waals surface area contributed by atoms with Crippen LogP contribution in [0.5, 0.6) is 0 Å². The Kier molecular flexibility index (Phi) is 6.40. The first-order chi connectivity index (χ1) is 16.7. The van der Waals surface area contributed by atoms with E-state index in [2.05, 4.69) is 12.1 Å². The predicted octanol–water partition coefficient (Wildman–Crippen LogP) is 6.35. The number of carbonyl (C=O) groups is 1. The molecular formula is C28H21NO4S. The Bertz CT molecular complexity index is 1530. The average Bonchev–Trinajstić information content (AvgIpc) is 2.88. The van der Waals surface area contributed by atoms with Gasteiger partial charge in [0.2, 0.25) is 0 Å². The van der Waals surface area contributed by atoms with Gasteiger partial charge in [0, 0.05) is 27.0 Å². The molecule has 0 spiro atoms. The van der Waals surface area contributed by atoms with Gasteiger partial charge in [0.1, 0.15) is 11.1 Å². The van der Waals surface area contributed by atoms with E-state index in [1.165, 1.54) is 6.07 Å². The molecule has 2 aromatic heterocycles. The molecule has 5 nitrogen and oxygen atoms in total. The Hall–Kier alpha value is -3.90. The van der Waals surface area contributed by atoms with Crippen LogP contribution >= 0.6 is 11.8 Å². The van der Waals surface area contributed by atoms with Crippen molar-refractivity contribution in [1.82, 2.24) is 4.98 Å². The molecule has 0 N–H and O–H groups in total. The molecule has 0 aliphatic rings. The number of rotatable bonds is 7. The highest BCUT2D eigenvalue weighted by molar-refractivity contribution is 7.99. The summed E-state index contributed by atoms with van der Waals surface area (Å²) >= 11 is 1.70. The number of thioether (sulfide) groups is 1. The number of ether oxygens (including phenoxy) is 1. The summed E-state index contributed by atoms with van der Waals surface area (Å²) in [6.45, 7) is 0.215. The minimum absolute atomic E-state index is 0.0843. The zero-order valence-electron chi connectivity index (χ0n) is 18.3. The predicted molar refractivity (Wildman–Crippen MR) is 135 cm³/mol. The maximum absolute atomic E-state index is 12.4. The number of para-hydroxylation sites is 2. The summed E-state index contributed by atoms with van der Waals surface area (Å²) in [5, 5.41) is 1.78. The monoisotopic (exact) mass is 467 g/mol. The van der Waals surface area contributed by atoms with Gasteiger partial charge in [-0.3, -0.25) is 0 Å². The minimum atomic E-state index is -0.685. The Morgan fingerprint density at radius 3 is 2.56 bits per heavy atom. The Balaban J connectivity index is 1.24. The van der Waals surface area contributed by atoms with Crippen molar-refractivity contribution in [3.05, 3.63) is 107 Å². The normalized spacial score (nSPS) is 11.1. The van der Waals surface area contributed by atoms with E-state index in [0.29, 0.717) is 17.4 Å². The minimum Gasteiger partial charge on any atom is -0.462 e. The van der Waals surface area contributed by atoms with Crippen LogP contribution in [0.15, 0.2) is 105 Å². The highest BCUT2D eigenvalue weighted by Crippen LogP contribution is 2.31. The molecule has 0 aliphatic carbocycles. The van der Waals surface area contributed by atoms with Crippen LogP contribution in [0.2, 0.25) is 0 Å². The van der Waals surface area contributed by atoms with Gasteiger partial charge in [-0.25, -0.2) is 14.6 Å². The van der Waals surface area contributed by atoms with Gasteiger partial charge in [-0.05, 0) is 30.7 Å². The van der Waals surface area contributed by atoms with E-state index in [9.17, 15) is 9.59 Å². The van der Waals surface area contributed by atoms with Crippen LogP contribution in [-0.4, -0.2) is 23.3 Å². The summed E-state index contributed by atoms with van der Waals surface area (Å²) in [6, 6.07) is 28.9. The number of hydrogen-bond donors (Lipinski definition) is 0. The van der Waals surface area contributed by atoms with Crippen LogP contribution in [0.4, 0.5) is 0 Å².